The van der Waals surface area contributed by atoms with Gasteiger partial charge in [0.25, 0.3) is 0 Å². The van der Waals surface area contributed by atoms with Crippen molar-refractivity contribution in [3.8, 4) is 0 Å². The summed E-state index contributed by atoms with van der Waals surface area (Å²) in [4.78, 5) is 1.32. The summed E-state index contributed by atoms with van der Waals surface area (Å²) in [6.07, 6.45) is 5.62. The molecule has 0 radical (unpaired) electrons. The number of thioether (sulfide) groups is 2. The van der Waals surface area contributed by atoms with Crippen molar-refractivity contribution in [2.24, 2.45) is 0 Å². The molecule has 2 atom stereocenters. The molecule has 4 heteroatoms. The summed E-state index contributed by atoms with van der Waals surface area (Å²) in [6.45, 7) is 0.903. The molecule has 2 aliphatic heterocycles. The van der Waals surface area contributed by atoms with Crippen molar-refractivity contribution in [1.29, 1.82) is 0 Å². The standard InChI is InChI=1S/C15H21NOS2/c1-18-14-4-2-3-12(9-14)16-13-5-7-17-15(10-13)6-8-19-11-15/h2-4,9,13,16H,5-8,10-11H2,1H3. The topological polar surface area (TPSA) is 21.3 Å². The van der Waals surface area contributed by atoms with Crippen LogP contribution in [0.1, 0.15) is 19.3 Å². The minimum atomic E-state index is 0.164. The van der Waals surface area contributed by atoms with Gasteiger partial charge in [0.15, 0.2) is 0 Å². The van der Waals surface area contributed by atoms with Gasteiger partial charge >= 0.3 is 0 Å². The number of nitrogens with one attached hydrogen (secondary N) is 1. The Kier molecular flexibility index (Phi) is 4.30. The first-order valence-electron chi connectivity index (χ1n) is 6.92. The van der Waals surface area contributed by atoms with Crippen LogP contribution in [0.4, 0.5) is 5.69 Å². The number of benzene rings is 1. The number of ether oxygens (including phenoxy) is 1. The van der Waals surface area contributed by atoms with Crippen molar-refractivity contribution in [3.63, 3.8) is 0 Å². The maximum atomic E-state index is 6.07. The zero-order valence-electron chi connectivity index (χ0n) is 11.4. The molecule has 0 amide bonds. The van der Waals surface area contributed by atoms with Crippen LogP contribution in [0.25, 0.3) is 0 Å². The molecule has 1 spiro atoms. The summed E-state index contributed by atoms with van der Waals surface area (Å²) in [7, 11) is 0. The molecule has 0 aromatic heterocycles. The molecule has 1 aromatic rings. The lowest BCUT2D eigenvalue weighted by molar-refractivity contribution is -0.0628. The van der Waals surface area contributed by atoms with Crippen molar-refractivity contribution in [2.45, 2.75) is 35.8 Å². The van der Waals surface area contributed by atoms with E-state index < -0.39 is 0 Å². The normalized spacial score (nSPS) is 30.7. The fourth-order valence-electron chi connectivity index (χ4n) is 2.96. The maximum Gasteiger partial charge on any atom is 0.0799 e. The van der Waals surface area contributed by atoms with Gasteiger partial charge in [-0.15, -0.1) is 11.8 Å². The van der Waals surface area contributed by atoms with Crippen LogP contribution in [0.2, 0.25) is 0 Å². The quantitative estimate of drug-likeness (QED) is 0.854. The average molecular weight is 295 g/mol. The van der Waals surface area contributed by atoms with E-state index in [2.05, 4.69) is 35.8 Å². The van der Waals surface area contributed by atoms with Crippen LogP contribution < -0.4 is 5.32 Å². The molecule has 2 fully saturated rings. The maximum absolute atomic E-state index is 6.07. The van der Waals surface area contributed by atoms with Gasteiger partial charge in [0, 0.05) is 29.0 Å². The Labute approximate surface area is 124 Å². The van der Waals surface area contributed by atoms with E-state index in [9.17, 15) is 0 Å². The van der Waals surface area contributed by atoms with Crippen LogP contribution in [0, 0.1) is 0 Å². The Morgan fingerprint density at radius 2 is 2.42 bits per heavy atom. The van der Waals surface area contributed by atoms with E-state index in [4.69, 9.17) is 4.74 Å². The first kappa shape index (κ1) is 13.7. The van der Waals surface area contributed by atoms with Crippen LogP contribution in [-0.2, 0) is 4.74 Å². The molecule has 1 N–H and O–H groups in total. The summed E-state index contributed by atoms with van der Waals surface area (Å²) in [5, 5.41) is 3.70. The predicted octanol–water partition coefficient (Wildman–Crippen LogP) is 3.88. The molecule has 0 saturated carbocycles. The lowest BCUT2D eigenvalue weighted by atomic mass is 9.90. The fraction of sp³-hybridized carbons (Fsp3) is 0.600. The Bertz CT molecular complexity index is 432. The van der Waals surface area contributed by atoms with Gasteiger partial charge in [-0.25, -0.2) is 0 Å². The van der Waals surface area contributed by atoms with E-state index in [1.807, 2.05) is 11.8 Å². The number of hydrogen-bond donors (Lipinski definition) is 1. The van der Waals surface area contributed by atoms with Gasteiger partial charge in [-0.1, -0.05) is 6.07 Å². The molecule has 3 rings (SSSR count). The van der Waals surface area contributed by atoms with Gasteiger partial charge in [0.1, 0.15) is 0 Å². The summed E-state index contributed by atoms with van der Waals surface area (Å²) < 4.78 is 6.07. The summed E-state index contributed by atoms with van der Waals surface area (Å²) in [6, 6.07) is 9.27. The Morgan fingerprint density at radius 3 is 3.21 bits per heavy atom. The van der Waals surface area contributed by atoms with Gasteiger partial charge in [0.05, 0.1) is 5.60 Å². The SMILES string of the molecule is CSc1cccc(NC2CCOC3(CCSC3)C2)c1. The van der Waals surface area contributed by atoms with E-state index in [1.54, 1.807) is 11.8 Å². The number of hydrogen-bond acceptors (Lipinski definition) is 4. The van der Waals surface area contributed by atoms with Gasteiger partial charge < -0.3 is 10.1 Å². The van der Waals surface area contributed by atoms with Gasteiger partial charge in [0.2, 0.25) is 0 Å². The van der Waals surface area contributed by atoms with Crippen LogP contribution in [0.3, 0.4) is 0 Å². The van der Waals surface area contributed by atoms with Crippen molar-refractivity contribution in [2.75, 3.05) is 29.7 Å². The summed E-state index contributed by atoms with van der Waals surface area (Å²) in [5.74, 6) is 2.44. The Hall–Kier alpha value is -0.320. The second-order valence-corrected chi connectivity index (χ2v) is 7.38. The minimum absolute atomic E-state index is 0.164. The highest BCUT2D eigenvalue weighted by Crippen LogP contribution is 2.39. The average Bonchev–Trinajstić information content (AvgIpc) is 2.87. The number of anilines is 1. The van der Waals surface area contributed by atoms with Crippen molar-refractivity contribution < 1.29 is 4.74 Å². The van der Waals surface area contributed by atoms with E-state index in [1.165, 1.54) is 28.5 Å². The highest BCUT2D eigenvalue weighted by molar-refractivity contribution is 7.99. The van der Waals surface area contributed by atoms with Gasteiger partial charge in [-0.3, -0.25) is 0 Å². The Balaban J connectivity index is 1.65. The van der Waals surface area contributed by atoms with Crippen LogP contribution >= 0.6 is 23.5 Å². The monoisotopic (exact) mass is 295 g/mol. The van der Waals surface area contributed by atoms with Crippen LogP contribution in [-0.4, -0.2) is 36.0 Å². The lowest BCUT2D eigenvalue weighted by Gasteiger charge is -2.38. The smallest absolute Gasteiger partial charge is 0.0799 e. The zero-order chi connectivity index (χ0) is 13.1. The third kappa shape index (κ3) is 3.23. The summed E-state index contributed by atoms with van der Waals surface area (Å²) >= 11 is 3.83. The molecule has 104 valence electrons. The van der Waals surface area contributed by atoms with Crippen LogP contribution in [0.5, 0.6) is 0 Å². The highest BCUT2D eigenvalue weighted by Gasteiger charge is 2.40. The molecule has 2 unspecified atom stereocenters. The molecule has 2 saturated heterocycles. The molecule has 0 bridgehead atoms. The van der Waals surface area contributed by atoms with Gasteiger partial charge in [-0.2, -0.15) is 11.8 Å². The molecule has 1 aromatic carbocycles. The highest BCUT2D eigenvalue weighted by atomic mass is 32.2. The molecule has 2 aliphatic rings. The van der Waals surface area contributed by atoms with E-state index in [-0.39, 0.29) is 5.60 Å². The van der Waals surface area contributed by atoms with Crippen molar-refractivity contribution in [1.82, 2.24) is 0 Å². The van der Waals surface area contributed by atoms with E-state index >= 15 is 0 Å². The Morgan fingerprint density at radius 1 is 1.47 bits per heavy atom. The van der Waals surface area contributed by atoms with Gasteiger partial charge in [-0.05, 0) is 49.5 Å². The first-order valence-corrected chi connectivity index (χ1v) is 9.30. The van der Waals surface area contributed by atoms with Crippen LogP contribution in [0.15, 0.2) is 29.2 Å². The first-order chi connectivity index (χ1) is 9.30. The molecule has 2 heterocycles. The predicted molar refractivity (Wildman–Crippen MR) is 85.5 cm³/mol. The summed E-state index contributed by atoms with van der Waals surface area (Å²) in [5.41, 5.74) is 1.41. The second kappa shape index (κ2) is 5.98. The van der Waals surface area contributed by atoms with Crippen molar-refractivity contribution >= 4 is 29.2 Å². The third-order valence-corrected chi connectivity index (χ3v) is 5.95. The van der Waals surface area contributed by atoms with E-state index in [0.29, 0.717) is 6.04 Å². The third-order valence-electron chi connectivity index (χ3n) is 4.00. The second-order valence-electron chi connectivity index (χ2n) is 5.40. The largest absolute Gasteiger partial charge is 0.382 e. The molecular weight excluding hydrogens is 274 g/mol. The number of rotatable bonds is 3. The lowest BCUT2D eigenvalue weighted by Crippen LogP contribution is -2.44. The molecule has 2 nitrogen and oxygen atoms in total. The zero-order valence-corrected chi connectivity index (χ0v) is 13.0. The van der Waals surface area contributed by atoms with E-state index in [0.717, 1.165) is 19.4 Å². The molecule has 19 heavy (non-hydrogen) atoms. The molecule has 0 aliphatic carbocycles. The molecular formula is C15H21NOS2. The minimum Gasteiger partial charge on any atom is -0.382 e. The fourth-order valence-corrected chi connectivity index (χ4v) is 4.80. The van der Waals surface area contributed by atoms with Crippen molar-refractivity contribution in [3.05, 3.63) is 24.3 Å².